The van der Waals surface area contributed by atoms with Gasteiger partial charge < -0.3 is 0 Å². The van der Waals surface area contributed by atoms with Crippen LogP contribution >= 0.6 is 0 Å². The average molecular weight is 204 g/mol. The van der Waals surface area contributed by atoms with E-state index in [0.29, 0.717) is 0 Å². The van der Waals surface area contributed by atoms with E-state index in [1.54, 1.807) is 4.68 Å². The van der Waals surface area contributed by atoms with Crippen molar-refractivity contribution in [2.75, 3.05) is 0 Å². The maximum absolute atomic E-state index is 12.1. The summed E-state index contributed by atoms with van der Waals surface area (Å²) < 4.78 is 1.55. The summed E-state index contributed by atoms with van der Waals surface area (Å²) in [5, 5.41) is 4.23. The summed E-state index contributed by atoms with van der Waals surface area (Å²) in [6.45, 7) is 3.84. The molecule has 0 aliphatic heterocycles. The van der Waals surface area contributed by atoms with E-state index in [1.807, 2.05) is 19.9 Å². The second-order valence-corrected chi connectivity index (χ2v) is 4.16. The third-order valence-electron chi connectivity index (χ3n) is 2.84. The number of aromatic nitrogens is 2. The maximum atomic E-state index is 12.1. The van der Waals surface area contributed by atoms with Gasteiger partial charge in [0.05, 0.1) is 5.69 Å². The second kappa shape index (κ2) is 4.01. The zero-order chi connectivity index (χ0) is 10.8. The van der Waals surface area contributed by atoms with Crippen LogP contribution in [0.15, 0.2) is 18.2 Å². The summed E-state index contributed by atoms with van der Waals surface area (Å²) in [4.78, 5) is 12.1. The monoisotopic (exact) mass is 204 g/mol. The van der Waals surface area contributed by atoms with Gasteiger partial charge in [-0.05, 0) is 39.2 Å². The van der Waals surface area contributed by atoms with Gasteiger partial charge in [-0.1, -0.05) is 12.2 Å². The van der Waals surface area contributed by atoms with Crippen LogP contribution < -0.4 is 0 Å². The van der Waals surface area contributed by atoms with Gasteiger partial charge in [0.25, 0.3) is 5.91 Å². The van der Waals surface area contributed by atoms with Gasteiger partial charge in [-0.2, -0.15) is 5.10 Å². The largest absolute Gasteiger partial charge is 0.272 e. The summed E-state index contributed by atoms with van der Waals surface area (Å²) in [6, 6.07) is 1.94. The number of carbonyl (C=O) groups excluding carboxylic acids is 1. The van der Waals surface area contributed by atoms with Crippen LogP contribution in [0.4, 0.5) is 0 Å². The fourth-order valence-corrected chi connectivity index (χ4v) is 2.04. The molecule has 0 aromatic carbocycles. The Hall–Kier alpha value is -1.38. The Morgan fingerprint density at radius 3 is 2.80 bits per heavy atom. The molecule has 0 spiro atoms. The lowest BCUT2D eigenvalue weighted by atomic mass is 9.94. The molecule has 1 aliphatic rings. The van der Waals surface area contributed by atoms with Gasteiger partial charge in [0.15, 0.2) is 0 Å². The molecule has 1 aliphatic carbocycles. The van der Waals surface area contributed by atoms with Crippen LogP contribution in [-0.4, -0.2) is 15.7 Å². The smallest absolute Gasteiger partial charge is 0.250 e. The van der Waals surface area contributed by atoms with Crippen molar-refractivity contribution in [2.45, 2.75) is 33.1 Å². The molecule has 3 nitrogen and oxygen atoms in total. The Bertz CT molecular complexity index is 404. The summed E-state index contributed by atoms with van der Waals surface area (Å²) in [5.41, 5.74) is 1.85. The van der Waals surface area contributed by atoms with Crippen molar-refractivity contribution < 1.29 is 4.79 Å². The molecule has 2 rings (SSSR count). The maximum Gasteiger partial charge on any atom is 0.250 e. The van der Waals surface area contributed by atoms with E-state index in [1.165, 1.54) is 0 Å². The normalized spacial score (nSPS) is 20.5. The van der Waals surface area contributed by atoms with Crippen LogP contribution in [0, 0.1) is 19.8 Å². The molecule has 1 atom stereocenters. The molecular weight excluding hydrogens is 188 g/mol. The molecule has 0 fully saturated rings. The van der Waals surface area contributed by atoms with Crippen LogP contribution in [0.5, 0.6) is 0 Å². The lowest BCUT2D eigenvalue weighted by Gasteiger charge is -2.16. The third-order valence-corrected chi connectivity index (χ3v) is 2.84. The van der Waals surface area contributed by atoms with Gasteiger partial charge >= 0.3 is 0 Å². The summed E-state index contributed by atoms with van der Waals surface area (Å²) in [6.07, 6.45) is 7.06. The fraction of sp³-hybridized carbons (Fsp3) is 0.500. The Morgan fingerprint density at radius 1 is 1.47 bits per heavy atom. The lowest BCUT2D eigenvalue weighted by Crippen LogP contribution is -2.24. The Labute approximate surface area is 89.8 Å². The predicted molar refractivity (Wildman–Crippen MR) is 58.8 cm³/mol. The van der Waals surface area contributed by atoms with Gasteiger partial charge in [-0.3, -0.25) is 4.79 Å². The van der Waals surface area contributed by atoms with Crippen LogP contribution in [0.2, 0.25) is 0 Å². The number of carbonyl (C=O) groups is 1. The molecule has 0 amide bonds. The predicted octanol–water partition coefficient (Wildman–Crippen LogP) is 2.50. The number of nitrogens with zero attached hydrogens (tertiary/aromatic N) is 2. The quantitative estimate of drug-likeness (QED) is 0.659. The number of allylic oxidation sites excluding steroid dienone is 2. The Morgan fingerprint density at radius 2 is 2.27 bits per heavy atom. The van der Waals surface area contributed by atoms with E-state index < -0.39 is 0 Å². The molecule has 1 heterocycles. The van der Waals surface area contributed by atoms with Crippen molar-refractivity contribution in [3.8, 4) is 0 Å². The fourth-order valence-electron chi connectivity index (χ4n) is 2.04. The topological polar surface area (TPSA) is 34.9 Å². The van der Waals surface area contributed by atoms with Crippen LogP contribution in [-0.2, 0) is 0 Å². The zero-order valence-corrected chi connectivity index (χ0v) is 9.23. The molecule has 80 valence electrons. The minimum absolute atomic E-state index is 0.119. The SMILES string of the molecule is Cc1cc(C)n(C(=O)C2CC=CCC2)n1. The zero-order valence-electron chi connectivity index (χ0n) is 9.23. The van der Waals surface area contributed by atoms with Crippen LogP contribution in [0.3, 0.4) is 0 Å². The molecule has 0 saturated heterocycles. The van der Waals surface area contributed by atoms with Crippen molar-refractivity contribution in [1.82, 2.24) is 9.78 Å². The number of hydrogen-bond acceptors (Lipinski definition) is 2. The number of aryl methyl sites for hydroxylation is 2. The first kappa shape index (κ1) is 10.1. The van der Waals surface area contributed by atoms with Crippen molar-refractivity contribution in [3.05, 3.63) is 29.6 Å². The first-order valence-electron chi connectivity index (χ1n) is 5.41. The number of rotatable bonds is 1. The highest BCUT2D eigenvalue weighted by atomic mass is 16.2. The molecule has 0 saturated carbocycles. The molecule has 0 radical (unpaired) electrons. The molecular formula is C12H16N2O. The van der Waals surface area contributed by atoms with E-state index in [4.69, 9.17) is 0 Å². The molecule has 3 heteroatoms. The highest BCUT2D eigenvalue weighted by molar-refractivity contribution is 5.81. The van der Waals surface area contributed by atoms with Crippen molar-refractivity contribution in [3.63, 3.8) is 0 Å². The molecule has 0 bridgehead atoms. The molecule has 1 aromatic rings. The Kier molecular flexibility index (Phi) is 2.71. The average Bonchev–Trinajstić information content (AvgIpc) is 2.58. The van der Waals surface area contributed by atoms with Crippen LogP contribution in [0.25, 0.3) is 0 Å². The van der Waals surface area contributed by atoms with E-state index >= 15 is 0 Å². The molecule has 15 heavy (non-hydrogen) atoms. The number of hydrogen-bond donors (Lipinski definition) is 0. The van der Waals surface area contributed by atoms with Crippen LogP contribution in [0.1, 0.15) is 35.4 Å². The summed E-state index contributed by atoms with van der Waals surface area (Å²) in [7, 11) is 0. The summed E-state index contributed by atoms with van der Waals surface area (Å²) in [5.74, 6) is 0.262. The first-order chi connectivity index (χ1) is 7.18. The summed E-state index contributed by atoms with van der Waals surface area (Å²) >= 11 is 0. The van der Waals surface area contributed by atoms with E-state index in [2.05, 4.69) is 17.3 Å². The first-order valence-corrected chi connectivity index (χ1v) is 5.41. The standard InChI is InChI=1S/C12H16N2O/c1-9-8-10(2)14(13-9)12(15)11-6-4-3-5-7-11/h3-4,8,11H,5-7H2,1-2H3. The van der Waals surface area contributed by atoms with Gasteiger partial charge in [-0.25, -0.2) is 4.68 Å². The molecule has 1 unspecified atom stereocenters. The van der Waals surface area contributed by atoms with Gasteiger partial charge in [-0.15, -0.1) is 0 Å². The van der Waals surface area contributed by atoms with Crippen molar-refractivity contribution >= 4 is 5.91 Å². The molecule has 0 N–H and O–H groups in total. The highest BCUT2D eigenvalue weighted by Gasteiger charge is 2.22. The third kappa shape index (κ3) is 2.01. The van der Waals surface area contributed by atoms with E-state index in [0.717, 1.165) is 30.7 Å². The van der Waals surface area contributed by atoms with Crippen molar-refractivity contribution in [2.24, 2.45) is 5.92 Å². The highest BCUT2D eigenvalue weighted by Crippen LogP contribution is 2.20. The second-order valence-electron chi connectivity index (χ2n) is 4.16. The lowest BCUT2D eigenvalue weighted by molar-refractivity contribution is 0.0806. The van der Waals surface area contributed by atoms with Crippen molar-refractivity contribution in [1.29, 1.82) is 0 Å². The molecule has 1 aromatic heterocycles. The Balaban J connectivity index is 2.20. The minimum Gasteiger partial charge on any atom is -0.272 e. The van der Waals surface area contributed by atoms with Gasteiger partial charge in [0.1, 0.15) is 0 Å². The minimum atomic E-state index is 0.119. The van der Waals surface area contributed by atoms with E-state index in [-0.39, 0.29) is 11.8 Å². The van der Waals surface area contributed by atoms with Gasteiger partial charge in [0, 0.05) is 11.6 Å². The van der Waals surface area contributed by atoms with Gasteiger partial charge in [0.2, 0.25) is 0 Å². The van der Waals surface area contributed by atoms with E-state index in [9.17, 15) is 4.79 Å².